The Kier molecular flexibility index (Phi) is 2.76. The fraction of sp³-hybridized carbons (Fsp3) is 0.273. The van der Waals surface area contributed by atoms with Gasteiger partial charge in [-0.2, -0.15) is 0 Å². The summed E-state index contributed by atoms with van der Waals surface area (Å²) in [6.07, 6.45) is 3.65. The molecular weight excluding hydrogens is 202 g/mol. The molecule has 0 atom stereocenters. The van der Waals surface area contributed by atoms with Gasteiger partial charge in [0.1, 0.15) is 11.2 Å². The number of rotatable bonds is 1. The summed E-state index contributed by atoms with van der Waals surface area (Å²) in [5.41, 5.74) is 2.76. The average molecular weight is 217 g/mol. The number of pyridine rings is 1. The number of nitrogens with one attached hydrogen (secondary N) is 3. The van der Waals surface area contributed by atoms with Gasteiger partial charge in [-0.3, -0.25) is 0 Å². The van der Waals surface area contributed by atoms with E-state index in [0.717, 1.165) is 28.0 Å². The number of imidazole rings is 1. The minimum Gasteiger partial charge on any atom is -0.359 e. The zero-order valence-electron chi connectivity index (χ0n) is 9.63. The number of aromatic amines is 2. The first-order valence-corrected chi connectivity index (χ1v) is 5.38. The Morgan fingerprint density at radius 3 is 2.88 bits per heavy atom. The van der Waals surface area contributed by atoms with Crippen LogP contribution >= 0.6 is 0 Å². The summed E-state index contributed by atoms with van der Waals surface area (Å²) >= 11 is 0. The molecule has 0 aliphatic carbocycles. The van der Waals surface area contributed by atoms with Crippen LogP contribution in [0.5, 0.6) is 0 Å². The summed E-state index contributed by atoms with van der Waals surface area (Å²) in [7, 11) is 1.83. The third-order valence-corrected chi connectivity index (χ3v) is 2.27. The van der Waals surface area contributed by atoms with E-state index in [4.69, 9.17) is 0 Å². The van der Waals surface area contributed by atoms with Gasteiger partial charge < -0.3 is 15.3 Å². The lowest BCUT2D eigenvalue weighted by molar-refractivity contribution is 1.28. The van der Waals surface area contributed by atoms with E-state index in [1.165, 1.54) is 0 Å². The van der Waals surface area contributed by atoms with Crippen molar-refractivity contribution >= 4 is 28.0 Å². The normalized spacial score (nSPS) is 10.2. The molecule has 0 aliphatic heterocycles. The van der Waals surface area contributed by atoms with E-state index in [1.807, 2.05) is 33.2 Å². The third-order valence-electron chi connectivity index (χ3n) is 2.27. The zero-order valence-corrected chi connectivity index (χ0v) is 9.63. The highest BCUT2D eigenvalue weighted by Crippen LogP contribution is 2.21. The average Bonchev–Trinajstić information content (AvgIpc) is 2.96. The molecule has 0 fully saturated rings. The van der Waals surface area contributed by atoms with Gasteiger partial charge in [0.05, 0.1) is 11.7 Å². The second kappa shape index (κ2) is 4.22. The van der Waals surface area contributed by atoms with E-state index in [0.29, 0.717) is 0 Å². The van der Waals surface area contributed by atoms with Crippen LogP contribution in [0.1, 0.15) is 13.8 Å². The summed E-state index contributed by atoms with van der Waals surface area (Å²) in [5, 5.41) is 4.01. The maximum atomic E-state index is 4.40. The molecule has 0 aliphatic rings. The molecule has 0 spiro atoms. The van der Waals surface area contributed by atoms with Crippen molar-refractivity contribution in [3.05, 3.63) is 18.5 Å². The first-order chi connectivity index (χ1) is 7.88. The SMILES string of the molecule is CC.CNc1nc2c(cnc3[nH]ccc32)[nH]1. The zero-order chi connectivity index (χ0) is 11.5. The Morgan fingerprint density at radius 2 is 2.12 bits per heavy atom. The quantitative estimate of drug-likeness (QED) is 0.586. The molecule has 0 saturated carbocycles. The van der Waals surface area contributed by atoms with Crippen LogP contribution in [0, 0.1) is 0 Å². The maximum Gasteiger partial charge on any atom is 0.200 e. The van der Waals surface area contributed by atoms with Crippen molar-refractivity contribution in [2.24, 2.45) is 0 Å². The Hall–Kier alpha value is -2.04. The molecule has 3 heterocycles. The molecule has 0 amide bonds. The minimum atomic E-state index is 0.760. The fourth-order valence-electron chi connectivity index (χ4n) is 1.59. The molecule has 3 N–H and O–H groups in total. The van der Waals surface area contributed by atoms with Crippen molar-refractivity contribution in [2.75, 3.05) is 12.4 Å². The van der Waals surface area contributed by atoms with Crippen molar-refractivity contribution in [3.8, 4) is 0 Å². The van der Waals surface area contributed by atoms with Gasteiger partial charge in [-0.15, -0.1) is 0 Å². The second-order valence-corrected chi connectivity index (χ2v) is 3.10. The van der Waals surface area contributed by atoms with E-state index >= 15 is 0 Å². The molecule has 0 unspecified atom stereocenters. The van der Waals surface area contributed by atoms with Crippen LogP contribution in [0.2, 0.25) is 0 Å². The Balaban J connectivity index is 0.000000457. The summed E-state index contributed by atoms with van der Waals surface area (Å²) in [6.45, 7) is 4.00. The first kappa shape index (κ1) is 10.5. The van der Waals surface area contributed by atoms with Crippen molar-refractivity contribution in [2.45, 2.75) is 13.8 Å². The van der Waals surface area contributed by atoms with Crippen molar-refractivity contribution < 1.29 is 0 Å². The van der Waals surface area contributed by atoms with Gasteiger partial charge in [0.15, 0.2) is 0 Å². The fourth-order valence-corrected chi connectivity index (χ4v) is 1.59. The molecule has 3 aromatic heterocycles. The third kappa shape index (κ3) is 1.50. The highest BCUT2D eigenvalue weighted by atomic mass is 15.1. The van der Waals surface area contributed by atoms with Crippen molar-refractivity contribution in [3.63, 3.8) is 0 Å². The Labute approximate surface area is 93.3 Å². The molecule has 84 valence electrons. The van der Waals surface area contributed by atoms with E-state index in [-0.39, 0.29) is 0 Å². The predicted molar refractivity (Wildman–Crippen MR) is 66.6 cm³/mol. The van der Waals surface area contributed by atoms with Crippen molar-refractivity contribution in [1.82, 2.24) is 19.9 Å². The molecule has 3 rings (SSSR count). The number of aromatic nitrogens is 4. The molecule has 5 nitrogen and oxygen atoms in total. The second-order valence-electron chi connectivity index (χ2n) is 3.10. The lowest BCUT2D eigenvalue weighted by Crippen LogP contribution is -1.88. The smallest absolute Gasteiger partial charge is 0.200 e. The topological polar surface area (TPSA) is 69.4 Å². The van der Waals surface area contributed by atoms with Gasteiger partial charge in [-0.25, -0.2) is 9.97 Å². The number of nitrogens with zero attached hydrogens (tertiary/aromatic N) is 2. The first-order valence-electron chi connectivity index (χ1n) is 5.38. The summed E-state index contributed by atoms with van der Waals surface area (Å²) in [5.74, 6) is 0.760. The largest absolute Gasteiger partial charge is 0.359 e. The van der Waals surface area contributed by atoms with Crippen LogP contribution in [0.15, 0.2) is 18.5 Å². The number of H-pyrrole nitrogens is 2. The van der Waals surface area contributed by atoms with Gasteiger partial charge in [0.25, 0.3) is 0 Å². The van der Waals surface area contributed by atoms with Crippen LogP contribution in [-0.4, -0.2) is 27.0 Å². The lowest BCUT2D eigenvalue weighted by atomic mass is 10.3. The van der Waals surface area contributed by atoms with Gasteiger partial charge in [0.2, 0.25) is 5.95 Å². The van der Waals surface area contributed by atoms with E-state index < -0.39 is 0 Å². The summed E-state index contributed by atoms with van der Waals surface area (Å²) in [4.78, 5) is 14.8. The Bertz CT molecular complexity index is 592. The molecule has 3 aromatic rings. The van der Waals surface area contributed by atoms with Crippen LogP contribution in [-0.2, 0) is 0 Å². The number of hydrogen-bond donors (Lipinski definition) is 3. The van der Waals surface area contributed by atoms with E-state index in [1.54, 1.807) is 6.20 Å². The van der Waals surface area contributed by atoms with Gasteiger partial charge >= 0.3 is 0 Å². The molecule has 0 saturated heterocycles. The highest BCUT2D eigenvalue weighted by Gasteiger charge is 2.06. The molecule has 5 heteroatoms. The standard InChI is InChI=1S/C9H9N5.C2H6/c1-10-9-13-6-4-12-8-5(2-3-11-8)7(6)14-9;1-2/h2-4H,1H3,(H,11,12)(H2,10,13,14);1-2H3. The van der Waals surface area contributed by atoms with E-state index in [2.05, 4.69) is 25.3 Å². The molecule has 0 bridgehead atoms. The molecule has 0 radical (unpaired) electrons. The molecule has 16 heavy (non-hydrogen) atoms. The van der Waals surface area contributed by atoms with Crippen LogP contribution in [0.4, 0.5) is 5.95 Å². The van der Waals surface area contributed by atoms with Crippen LogP contribution < -0.4 is 5.32 Å². The number of anilines is 1. The molecule has 0 aromatic carbocycles. The van der Waals surface area contributed by atoms with Crippen LogP contribution in [0.3, 0.4) is 0 Å². The van der Waals surface area contributed by atoms with E-state index in [9.17, 15) is 0 Å². The molecular formula is C11H15N5. The Morgan fingerprint density at radius 1 is 1.31 bits per heavy atom. The lowest BCUT2D eigenvalue weighted by Gasteiger charge is -1.88. The summed E-state index contributed by atoms with van der Waals surface area (Å²) in [6, 6.07) is 1.98. The van der Waals surface area contributed by atoms with Gasteiger partial charge in [0, 0.05) is 18.6 Å². The maximum absolute atomic E-state index is 4.40. The monoisotopic (exact) mass is 217 g/mol. The number of fused-ring (bicyclic) bond motifs is 3. The van der Waals surface area contributed by atoms with Crippen molar-refractivity contribution in [1.29, 1.82) is 0 Å². The van der Waals surface area contributed by atoms with Crippen LogP contribution in [0.25, 0.3) is 22.1 Å². The van der Waals surface area contributed by atoms with Gasteiger partial charge in [-0.1, -0.05) is 13.8 Å². The van der Waals surface area contributed by atoms with Gasteiger partial charge in [-0.05, 0) is 6.07 Å². The predicted octanol–water partition coefficient (Wildman–Crippen LogP) is 2.51. The minimum absolute atomic E-state index is 0.760. The number of hydrogen-bond acceptors (Lipinski definition) is 3. The summed E-state index contributed by atoms with van der Waals surface area (Å²) < 4.78 is 0. The highest BCUT2D eigenvalue weighted by molar-refractivity contribution is 6.01.